The fourth-order valence-corrected chi connectivity index (χ4v) is 3.23. The third-order valence-electron chi connectivity index (χ3n) is 4.59. The first-order chi connectivity index (χ1) is 12.7. The van der Waals surface area contributed by atoms with Crippen LogP contribution in [0.15, 0.2) is 47.1 Å². The molecule has 1 aliphatic heterocycles. The van der Waals surface area contributed by atoms with E-state index in [1.807, 2.05) is 24.3 Å². The molecule has 1 saturated heterocycles. The summed E-state index contributed by atoms with van der Waals surface area (Å²) < 4.78 is 6.75. The Morgan fingerprint density at radius 3 is 2.73 bits per heavy atom. The van der Waals surface area contributed by atoms with Crippen molar-refractivity contribution in [2.45, 2.75) is 25.4 Å². The van der Waals surface area contributed by atoms with E-state index in [2.05, 4.69) is 15.6 Å². The average Bonchev–Trinajstić information content (AvgIpc) is 3.32. The number of nitrogens with one attached hydrogen (secondary N) is 1. The van der Waals surface area contributed by atoms with Crippen LogP contribution in [0.4, 0.5) is 0 Å². The molecule has 0 spiro atoms. The maximum Gasteiger partial charge on any atom is 0.289 e. The van der Waals surface area contributed by atoms with Gasteiger partial charge in [-0.25, -0.2) is 4.68 Å². The van der Waals surface area contributed by atoms with Crippen LogP contribution in [0.25, 0.3) is 11.0 Å². The van der Waals surface area contributed by atoms with Gasteiger partial charge in [-0.1, -0.05) is 17.3 Å². The van der Waals surface area contributed by atoms with Gasteiger partial charge in [0.25, 0.3) is 5.91 Å². The zero-order chi connectivity index (χ0) is 17.9. The van der Waals surface area contributed by atoms with Gasteiger partial charge in [-0.3, -0.25) is 9.59 Å². The van der Waals surface area contributed by atoms with Crippen LogP contribution >= 0.6 is 0 Å². The molecule has 4 rings (SSSR count). The van der Waals surface area contributed by atoms with Gasteiger partial charge in [-0.15, -0.1) is 5.10 Å². The van der Waals surface area contributed by atoms with Crippen LogP contribution in [0.5, 0.6) is 0 Å². The average molecular weight is 353 g/mol. The summed E-state index contributed by atoms with van der Waals surface area (Å²) in [5.74, 6) is 0.149. The quantitative estimate of drug-likeness (QED) is 0.766. The first-order valence-electron chi connectivity index (χ1n) is 8.61. The molecule has 1 fully saturated rings. The lowest BCUT2D eigenvalue weighted by Gasteiger charge is -2.31. The molecule has 26 heavy (non-hydrogen) atoms. The van der Waals surface area contributed by atoms with Crippen LogP contribution in [0.2, 0.25) is 0 Å². The molecule has 3 heterocycles. The van der Waals surface area contributed by atoms with Crippen molar-refractivity contribution in [3.63, 3.8) is 0 Å². The van der Waals surface area contributed by atoms with Crippen LogP contribution in [0.3, 0.4) is 0 Å². The molecule has 0 aliphatic carbocycles. The monoisotopic (exact) mass is 353 g/mol. The normalized spacial score (nSPS) is 15.3. The molecular weight excluding hydrogens is 334 g/mol. The molecule has 2 amide bonds. The number of aromatic nitrogens is 3. The molecule has 2 aromatic heterocycles. The Morgan fingerprint density at radius 1 is 1.15 bits per heavy atom. The summed E-state index contributed by atoms with van der Waals surface area (Å²) in [6, 6.07) is 11.0. The summed E-state index contributed by atoms with van der Waals surface area (Å²) >= 11 is 0. The van der Waals surface area contributed by atoms with E-state index in [0.29, 0.717) is 18.8 Å². The van der Waals surface area contributed by atoms with Crippen molar-refractivity contribution >= 4 is 22.8 Å². The van der Waals surface area contributed by atoms with Gasteiger partial charge in [0.15, 0.2) is 5.76 Å². The van der Waals surface area contributed by atoms with Crippen molar-refractivity contribution in [2.75, 3.05) is 13.1 Å². The van der Waals surface area contributed by atoms with E-state index in [1.165, 1.54) is 6.26 Å². The van der Waals surface area contributed by atoms with Gasteiger partial charge in [0.05, 0.1) is 11.8 Å². The summed E-state index contributed by atoms with van der Waals surface area (Å²) in [5.41, 5.74) is 1.60. The summed E-state index contributed by atoms with van der Waals surface area (Å²) in [7, 11) is 0. The molecule has 0 bridgehead atoms. The number of fused-ring (bicyclic) bond motifs is 1. The Bertz CT molecular complexity index is 910. The van der Waals surface area contributed by atoms with Gasteiger partial charge in [0.1, 0.15) is 12.1 Å². The molecule has 1 aromatic carbocycles. The van der Waals surface area contributed by atoms with Crippen molar-refractivity contribution < 1.29 is 14.0 Å². The number of nitrogens with zero attached hydrogens (tertiary/aromatic N) is 4. The highest BCUT2D eigenvalue weighted by Gasteiger charge is 2.26. The van der Waals surface area contributed by atoms with Gasteiger partial charge in [-0.05, 0) is 37.1 Å². The van der Waals surface area contributed by atoms with Crippen LogP contribution < -0.4 is 5.32 Å². The fraction of sp³-hybridized carbons (Fsp3) is 0.333. The van der Waals surface area contributed by atoms with E-state index >= 15 is 0 Å². The second-order valence-electron chi connectivity index (χ2n) is 6.35. The third kappa shape index (κ3) is 3.30. The lowest BCUT2D eigenvalue weighted by molar-refractivity contribution is -0.122. The van der Waals surface area contributed by atoms with Crippen LogP contribution in [-0.2, 0) is 11.3 Å². The number of hydrogen-bond acceptors (Lipinski definition) is 5. The molecule has 0 unspecified atom stereocenters. The molecule has 8 heteroatoms. The Kier molecular flexibility index (Phi) is 4.39. The zero-order valence-corrected chi connectivity index (χ0v) is 14.2. The van der Waals surface area contributed by atoms with Gasteiger partial charge in [0, 0.05) is 19.1 Å². The summed E-state index contributed by atoms with van der Waals surface area (Å²) in [4.78, 5) is 26.3. The molecule has 3 aromatic rings. The highest BCUT2D eigenvalue weighted by atomic mass is 16.3. The topological polar surface area (TPSA) is 93.3 Å². The number of para-hydroxylation sites is 1. The van der Waals surface area contributed by atoms with Gasteiger partial charge >= 0.3 is 0 Å². The Labute approximate surface area is 149 Å². The minimum atomic E-state index is -0.103. The molecule has 134 valence electrons. The number of likely N-dealkylation sites (tertiary alicyclic amines) is 1. The van der Waals surface area contributed by atoms with E-state index in [1.54, 1.807) is 21.7 Å². The minimum Gasteiger partial charge on any atom is -0.459 e. The number of piperidine rings is 1. The summed E-state index contributed by atoms with van der Waals surface area (Å²) in [6.07, 6.45) is 2.93. The summed E-state index contributed by atoms with van der Waals surface area (Å²) in [5, 5.41) is 11.1. The SMILES string of the molecule is O=C(Cn1nnc2ccccc21)NC1CCN(C(=O)c2ccco2)CC1. The lowest BCUT2D eigenvalue weighted by Crippen LogP contribution is -2.47. The second kappa shape index (κ2) is 6.99. The Hall–Kier alpha value is -3.16. The zero-order valence-electron chi connectivity index (χ0n) is 14.2. The second-order valence-corrected chi connectivity index (χ2v) is 6.35. The number of carbonyl (C=O) groups is 2. The summed E-state index contributed by atoms with van der Waals surface area (Å²) in [6.45, 7) is 1.32. The largest absolute Gasteiger partial charge is 0.459 e. The first kappa shape index (κ1) is 16.3. The molecule has 0 radical (unpaired) electrons. The minimum absolute atomic E-state index is 0.0536. The first-order valence-corrected chi connectivity index (χ1v) is 8.61. The number of benzene rings is 1. The number of hydrogen-bond donors (Lipinski definition) is 1. The van der Waals surface area contributed by atoms with Crippen molar-refractivity contribution in [3.05, 3.63) is 48.4 Å². The Morgan fingerprint density at radius 2 is 1.96 bits per heavy atom. The predicted octanol–water partition coefficient (Wildman–Crippen LogP) is 1.45. The Balaban J connectivity index is 1.30. The van der Waals surface area contributed by atoms with Crippen molar-refractivity contribution in [3.8, 4) is 0 Å². The van der Waals surface area contributed by atoms with Gasteiger partial charge in [0.2, 0.25) is 5.91 Å². The molecule has 1 N–H and O–H groups in total. The van der Waals surface area contributed by atoms with Crippen LogP contribution in [-0.4, -0.2) is 50.8 Å². The van der Waals surface area contributed by atoms with Crippen LogP contribution in [0, 0.1) is 0 Å². The standard InChI is InChI=1S/C18H19N5O3/c24-17(12-23-15-5-2-1-4-14(15)20-21-23)19-13-7-9-22(10-8-13)18(25)16-6-3-11-26-16/h1-6,11,13H,7-10,12H2,(H,19,24). The highest BCUT2D eigenvalue weighted by Crippen LogP contribution is 2.15. The molecule has 8 nitrogen and oxygen atoms in total. The van der Waals surface area contributed by atoms with E-state index in [4.69, 9.17) is 4.42 Å². The van der Waals surface area contributed by atoms with Crippen molar-refractivity contribution in [1.29, 1.82) is 0 Å². The molecule has 1 aliphatic rings. The number of carbonyl (C=O) groups excluding carboxylic acids is 2. The molecule has 0 atom stereocenters. The molecule has 0 saturated carbocycles. The highest BCUT2D eigenvalue weighted by molar-refractivity contribution is 5.91. The molecular formula is C18H19N5O3. The van der Waals surface area contributed by atoms with Gasteiger partial charge < -0.3 is 14.6 Å². The van der Waals surface area contributed by atoms with Crippen LogP contribution in [0.1, 0.15) is 23.4 Å². The van der Waals surface area contributed by atoms with E-state index in [-0.39, 0.29) is 24.4 Å². The smallest absolute Gasteiger partial charge is 0.289 e. The number of furan rings is 1. The number of rotatable bonds is 4. The van der Waals surface area contributed by atoms with E-state index in [9.17, 15) is 9.59 Å². The number of amides is 2. The van der Waals surface area contributed by atoms with Gasteiger partial charge in [-0.2, -0.15) is 0 Å². The van der Waals surface area contributed by atoms with Crippen molar-refractivity contribution in [2.24, 2.45) is 0 Å². The maximum atomic E-state index is 12.3. The lowest BCUT2D eigenvalue weighted by atomic mass is 10.0. The fourth-order valence-electron chi connectivity index (χ4n) is 3.23. The maximum absolute atomic E-state index is 12.3. The predicted molar refractivity (Wildman–Crippen MR) is 93.3 cm³/mol. The van der Waals surface area contributed by atoms with E-state index in [0.717, 1.165) is 23.9 Å². The third-order valence-corrected chi connectivity index (χ3v) is 4.59. The van der Waals surface area contributed by atoms with Crippen molar-refractivity contribution in [1.82, 2.24) is 25.2 Å². The van der Waals surface area contributed by atoms with E-state index < -0.39 is 0 Å².